The van der Waals surface area contributed by atoms with Crippen molar-refractivity contribution in [3.63, 3.8) is 0 Å². The van der Waals surface area contributed by atoms with Gasteiger partial charge >= 0.3 is 0 Å². The van der Waals surface area contributed by atoms with E-state index in [2.05, 4.69) is 0 Å². The van der Waals surface area contributed by atoms with Crippen LogP contribution in [0.25, 0.3) is 20.2 Å². The molecule has 3 aromatic rings. The maximum absolute atomic E-state index is 12.4. The molecule has 0 N–H and O–H groups in total. The predicted molar refractivity (Wildman–Crippen MR) is 76.9 cm³/mol. The lowest BCUT2D eigenvalue weighted by Gasteiger charge is -2.06. The molecule has 0 aliphatic rings. The van der Waals surface area contributed by atoms with E-state index in [1.165, 1.54) is 0 Å². The molecule has 0 saturated heterocycles. The van der Waals surface area contributed by atoms with Crippen molar-refractivity contribution >= 4 is 31.5 Å². The fourth-order valence-corrected chi connectivity index (χ4v) is 3.38. The summed E-state index contributed by atoms with van der Waals surface area (Å²) < 4.78 is 7.26. The molecule has 0 spiro atoms. The van der Waals surface area contributed by atoms with Crippen LogP contribution < -0.4 is 10.2 Å². The lowest BCUT2D eigenvalue weighted by atomic mass is 10.1. The molecule has 0 saturated carbocycles. The van der Waals surface area contributed by atoms with Gasteiger partial charge in [0.15, 0.2) is 5.43 Å². The van der Waals surface area contributed by atoms with Crippen molar-refractivity contribution in [3.05, 3.63) is 52.2 Å². The lowest BCUT2D eigenvalue weighted by Crippen LogP contribution is -2.01. The Hall–Kier alpha value is -1.87. The summed E-state index contributed by atoms with van der Waals surface area (Å²) in [4.78, 5) is 12.4. The first-order chi connectivity index (χ1) is 8.70. The van der Waals surface area contributed by atoms with E-state index < -0.39 is 0 Å². The largest absolute Gasteiger partial charge is 0.495 e. The zero-order valence-corrected chi connectivity index (χ0v) is 11.0. The van der Waals surface area contributed by atoms with Gasteiger partial charge < -0.3 is 4.74 Å². The molecule has 2 aromatic carbocycles. The van der Waals surface area contributed by atoms with Gasteiger partial charge in [0.25, 0.3) is 0 Å². The molecule has 3 rings (SSSR count). The van der Waals surface area contributed by atoms with Crippen LogP contribution in [-0.4, -0.2) is 7.11 Å². The third kappa shape index (κ3) is 1.59. The van der Waals surface area contributed by atoms with Crippen molar-refractivity contribution in [1.29, 1.82) is 0 Å². The van der Waals surface area contributed by atoms with Gasteiger partial charge in [-0.2, -0.15) is 0 Å². The first kappa shape index (κ1) is 11.2. The van der Waals surface area contributed by atoms with Crippen LogP contribution in [0.1, 0.15) is 5.56 Å². The highest BCUT2D eigenvalue weighted by atomic mass is 32.1. The Morgan fingerprint density at radius 2 is 1.94 bits per heavy atom. The molecular weight excluding hydrogens is 244 g/mol. The van der Waals surface area contributed by atoms with E-state index in [1.54, 1.807) is 18.4 Å². The van der Waals surface area contributed by atoms with E-state index in [1.807, 2.05) is 43.3 Å². The minimum Gasteiger partial charge on any atom is -0.495 e. The Morgan fingerprint density at radius 3 is 2.72 bits per heavy atom. The highest BCUT2D eigenvalue weighted by Crippen LogP contribution is 2.31. The third-order valence-electron chi connectivity index (χ3n) is 3.04. The summed E-state index contributed by atoms with van der Waals surface area (Å²) in [5.41, 5.74) is 1.24. The van der Waals surface area contributed by atoms with Crippen LogP contribution in [0.2, 0.25) is 0 Å². The van der Waals surface area contributed by atoms with Gasteiger partial charge in [0.05, 0.1) is 11.8 Å². The first-order valence-corrected chi connectivity index (χ1v) is 6.52. The summed E-state index contributed by atoms with van der Waals surface area (Å²) in [7, 11) is 1.63. The summed E-state index contributed by atoms with van der Waals surface area (Å²) in [6, 6.07) is 11.5. The fourth-order valence-electron chi connectivity index (χ4n) is 2.12. The Kier molecular flexibility index (Phi) is 2.56. The smallest absolute Gasteiger partial charge is 0.196 e. The molecular formula is C15H12O2S. The van der Waals surface area contributed by atoms with E-state index in [0.717, 1.165) is 31.5 Å². The molecule has 90 valence electrons. The van der Waals surface area contributed by atoms with Gasteiger partial charge in [0.2, 0.25) is 0 Å². The Bertz CT molecular complexity index is 803. The number of hydrogen-bond donors (Lipinski definition) is 0. The van der Waals surface area contributed by atoms with Crippen molar-refractivity contribution in [2.75, 3.05) is 7.11 Å². The summed E-state index contributed by atoms with van der Waals surface area (Å²) in [6.45, 7) is 2.03. The van der Waals surface area contributed by atoms with Crippen molar-refractivity contribution in [2.24, 2.45) is 0 Å². The molecule has 0 atom stereocenters. The number of fused-ring (bicyclic) bond motifs is 2. The van der Waals surface area contributed by atoms with Crippen LogP contribution in [0, 0.1) is 6.92 Å². The van der Waals surface area contributed by atoms with E-state index in [9.17, 15) is 4.79 Å². The van der Waals surface area contributed by atoms with Gasteiger partial charge in [-0.1, -0.05) is 12.1 Å². The number of hydrogen-bond acceptors (Lipinski definition) is 3. The number of aryl methyl sites for hydroxylation is 1. The molecule has 0 radical (unpaired) electrons. The van der Waals surface area contributed by atoms with Crippen molar-refractivity contribution < 1.29 is 4.74 Å². The van der Waals surface area contributed by atoms with Crippen molar-refractivity contribution in [3.8, 4) is 5.75 Å². The van der Waals surface area contributed by atoms with Crippen LogP contribution in [0.15, 0.2) is 41.2 Å². The van der Waals surface area contributed by atoms with Gasteiger partial charge in [-0.25, -0.2) is 0 Å². The zero-order valence-electron chi connectivity index (χ0n) is 10.2. The zero-order chi connectivity index (χ0) is 12.7. The van der Waals surface area contributed by atoms with Gasteiger partial charge in [-0.15, -0.1) is 11.3 Å². The van der Waals surface area contributed by atoms with Crippen molar-refractivity contribution in [2.45, 2.75) is 6.92 Å². The molecule has 3 heteroatoms. The molecule has 1 heterocycles. The Labute approximate surface area is 108 Å². The third-order valence-corrected chi connectivity index (χ3v) is 4.22. The molecule has 1 aromatic heterocycles. The number of ether oxygens (including phenoxy) is 1. The molecule has 18 heavy (non-hydrogen) atoms. The van der Waals surface area contributed by atoms with Crippen LogP contribution in [0.5, 0.6) is 5.75 Å². The normalized spacial score (nSPS) is 11.0. The van der Waals surface area contributed by atoms with Gasteiger partial charge in [0, 0.05) is 15.5 Å². The highest BCUT2D eigenvalue weighted by Gasteiger charge is 2.09. The van der Waals surface area contributed by atoms with Crippen LogP contribution in [0.3, 0.4) is 0 Å². The minimum atomic E-state index is 0.0812. The second-order valence-corrected chi connectivity index (χ2v) is 5.32. The molecule has 0 fully saturated rings. The summed E-state index contributed by atoms with van der Waals surface area (Å²) in [5, 5.41) is 1.52. The second-order valence-electron chi connectivity index (χ2n) is 4.27. The maximum atomic E-state index is 12.4. The Morgan fingerprint density at radius 1 is 1.11 bits per heavy atom. The topological polar surface area (TPSA) is 26.3 Å². The molecule has 0 aliphatic heterocycles. The van der Waals surface area contributed by atoms with E-state index >= 15 is 0 Å². The quantitative estimate of drug-likeness (QED) is 0.620. The van der Waals surface area contributed by atoms with Crippen LogP contribution >= 0.6 is 11.3 Å². The van der Waals surface area contributed by atoms with E-state index in [-0.39, 0.29) is 5.43 Å². The van der Waals surface area contributed by atoms with Crippen molar-refractivity contribution in [1.82, 2.24) is 0 Å². The molecule has 0 amide bonds. The molecule has 0 unspecified atom stereocenters. The standard InChI is InChI=1S/C15H12O2S/c1-9-6-7-10-13(8-9)18-15-11(14(10)16)4-3-5-12(15)17-2/h3-8H,1-2H3. The summed E-state index contributed by atoms with van der Waals surface area (Å²) in [5.74, 6) is 0.762. The number of rotatable bonds is 1. The predicted octanol–water partition coefficient (Wildman–Crippen LogP) is 3.73. The van der Waals surface area contributed by atoms with E-state index in [0.29, 0.717) is 0 Å². The second kappa shape index (κ2) is 4.10. The summed E-state index contributed by atoms with van der Waals surface area (Å²) in [6.07, 6.45) is 0. The average Bonchev–Trinajstić information content (AvgIpc) is 2.38. The molecule has 0 aliphatic carbocycles. The fraction of sp³-hybridized carbons (Fsp3) is 0.133. The summed E-state index contributed by atoms with van der Waals surface area (Å²) >= 11 is 1.61. The molecule has 2 nitrogen and oxygen atoms in total. The van der Waals surface area contributed by atoms with Gasteiger partial charge in [-0.3, -0.25) is 4.79 Å². The maximum Gasteiger partial charge on any atom is 0.196 e. The number of benzene rings is 2. The molecule has 0 bridgehead atoms. The lowest BCUT2D eigenvalue weighted by molar-refractivity contribution is 0.420. The van der Waals surface area contributed by atoms with Crippen LogP contribution in [-0.2, 0) is 0 Å². The Balaban J connectivity index is 2.56. The van der Waals surface area contributed by atoms with Gasteiger partial charge in [-0.05, 0) is 36.8 Å². The minimum absolute atomic E-state index is 0.0812. The van der Waals surface area contributed by atoms with Crippen LogP contribution in [0.4, 0.5) is 0 Å². The highest BCUT2D eigenvalue weighted by molar-refractivity contribution is 7.24. The first-order valence-electron chi connectivity index (χ1n) is 5.71. The van der Waals surface area contributed by atoms with E-state index in [4.69, 9.17) is 4.74 Å². The average molecular weight is 256 g/mol. The monoisotopic (exact) mass is 256 g/mol. The SMILES string of the molecule is COc1cccc2c(=O)c3ccc(C)cc3sc12. The van der Waals surface area contributed by atoms with Gasteiger partial charge in [0.1, 0.15) is 5.75 Å². The number of methoxy groups -OCH3 is 1.